The molecule has 3 heterocycles. The molecule has 5 rings (SSSR count). The second kappa shape index (κ2) is 9.97. The summed E-state index contributed by atoms with van der Waals surface area (Å²) in [7, 11) is 0. The molecule has 0 spiro atoms. The number of nitrogens with zero attached hydrogens (tertiary/aromatic N) is 4. The van der Waals surface area contributed by atoms with Crippen molar-refractivity contribution < 1.29 is 0 Å². The van der Waals surface area contributed by atoms with E-state index in [9.17, 15) is 0 Å². The number of piperidine rings is 1. The maximum absolute atomic E-state index is 5.64. The van der Waals surface area contributed by atoms with Crippen LogP contribution in [0.15, 0.2) is 60.7 Å². The Hall–Kier alpha value is -3.19. The van der Waals surface area contributed by atoms with E-state index >= 15 is 0 Å². The molecule has 0 unspecified atom stereocenters. The third-order valence-electron chi connectivity index (χ3n) is 6.72. The second-order valence-electron chi connectivity index (χ2n) is 9.46. The standard InChI is InChI=1S/C27H32N6S/c1-19-9-8-14-32(16-19)24-15-25(33-17-22-12-6-7-13-23(22)18-33)30-26(29-24)31-27(34)28-20(2)21-10-4-3-5-11-21/h3-7,10-13,15,19-20H,8-9,14,16-18H2,1-2H3,(H2,28,29,30,31,34)/t19-,20-/m1/s1. The Morgan fingerprint density at radius 3 is 2.29 bits per heavy atom. The first-order chi connectivity index (χ1) is 16.5. The van der Waals surface area contributed by atoms with Crippen molar-refractivity contribution in [2.24, 2.45) is 5.92 Å². The molecule has 0 radical (unpaired) electrons. The quantitative estimate of drug-likeness (QED) is 0.490. The number of aromatic nitrogens is 2. The lowest BCUT2D eigenvalue weighted by Crippen LogP contribution is -2.36. The van der Waals surface area contributed by atoms with Gasteiger partial charge in [-0.1, -0.05) is 61.5 Å². The van der Waals surface area contributed by atoms with Crippen LogP contribution in [0.4, 0.5) is 17.6 Å². The van der Waals surface area contributed by atoms with Crippen molar-refractivity contribution in [3.05, 3.63) is 77.4 Å². The zero-order chi connectivity index (χ0) is 23.5. The number of nitrogens with one attached hydrogen (secondary N) is 2. The van der Waals surface area contributed by atoms with Crippen LogP contribution >= 0.6 is 12.2 Å². The molecule has 34 heavy (non-hydrogen) atoms. The molecule has 3 aromatic rings. The van der Waals surface area contributed by atoms with Gasteiger partial charge in [-0.3, -0.25) is 0 Å². The summed E-state index contributed by atoms with van der Waals surface area (Å²) in [6, 6.07) is 21.1. The van der Waals surface area contributed by atoms with Gasteiger partial charge in [-0.25, -0.2) is 0 Å². The number of rotatable bonds is 5. The summed E-state index contributed by atoms with van der Waals surface area (Å²) in [5.41, 5.74) is 3.90. The summed E-state index contributed by atoms with van der Waals surface area (Å²) >= 11 is 5.64. The molecular formula is C27H32N6S. The van der Waals surface area contributed by atoms with Crippen LogP contribution in [0.3, 0.4) is 0 Å². The van der Waals surface area contributed by atoms with Gasteiger partial charge in [0.1, 0.15) is 11.6 Å². The fourth-order valence-corrected chi connectivity index (χ4v) is 5.12. The lowest BCUT2D eigenvalue weighted by atomic mass is 10.0. The average molecular weight is 473 g/mol. The number of benzene rings is 2. The first kappa shape index (κ1) is 22.6. The molecule has 0 aliphatic carbocycles. The maximum atomic E-state index is 5.64. The second-order valence-corrected chi connectivity index (χ2v) is 9.87. The van der Waals surface area contributed by atoms with Gasteiger partial charge in [0, 0.05) is 32.2 Å². The minimum absolute atomic E-state index is 0.0832. The first-order valence-electron chi connectivity index (χ1n) is 12.1. The molecule has 2 aliphatic heterocycles. The Kier molecular flexibility index (Phi) is 6.63. The van der Waals surface area contributed by atoms with E-state index in [0.717, 1.165) is 37.8 Å². The van der Waals surface area contributed by atoms with Gasteiger partial charge in [0.15, 0.2) is 5.11 Å². The predicted molar refractivity (Wildman–Crippen MR) is 143 cm³/mol. The van der Waals surface area contributed by atoms with Crippen LogP contribution in [0.1, 0.15) is 49.4 Å². The molecule has 1 saturated heterocycles. The fourth-order valence-electron chi connectivity index (χ4n) is 4.85. The highest BCUT2D eigenvalue weighted by Crippen LogP contribution is 2.31. The molecule has 1 aromatic heterocycles. The van der Waals surface area contributed by atoms with Crippen LogP contribution in [0.25, 0.3) is 0 Å². The minimum atomic E-state index is 0.0832. The summed E-state index contributed by atoms with van der Waals surface area (Å²) in [4.78, 5) is 14.5. The smallest absolute Gasteiger partial charge is 0.232 e. The Labute approximate surface area is 207 Å². The monoisotopic (exact) mass is 472 g/mol. The van der Waals surface area contributed by atoms with Crippen molar-refractivity contribution in [3.63, 3.8) is 0 Å². The zero-order valence-electron chi connectivity index (χ0n) is 19.9. The van der Waals surface area contributed by atoms with Gasteiger partial charge < -0.3 is 20.4 Å². The van der Waals surface area contributed by atoms with Gasteiger partial charge in [-0.15, -0.1) is 0 Å². The van der Waals surface area contributed by atoms with Gasteiger partial charge in [-0.2, -0.15) is 9.97 Å². The molecule has 2 aromatic carbocycles. The maximum Gasteiger partial charge on any atom is 0.232 e. The van der Waals surface area contributed by atoms with E-state index < -0.39 is 0 Å². The molecule has 0 bridgehead atoms. The molecule has 0 saturated carbocycles. The SMILES string of the molecule is C[C@@H]1CCCN(c2cc(N3Cc4ccccc4C3)nc(NC(=S)N[C@H](C)c3ccccc3)n2)C1. The van der Waals surface area contributed by atoms with Crippen LogP contribution in [0.2, 0.25) is 0 Å². The number of thiocarbonyl (C=S) groups is 1. The molecule has 6 nitrogen and oxygen atoms in total. The number of hydrogen-bond acceptors (Lipinski definition) is 5. The van der Waals surface area contributed by atoms with Gasteiger partial charge in [0.05, 0.1) is 6.04 Å². The third-order valence-corrected chi connectivity index (χ3v) is 6.94. The zero-order valence-corrected chi connectivity index (χ0v) is 20.7. The van der Waals surface area contributed by atoms with Gasteiger partial charge in [0.2, 0.25) is 5.95 Å². The van der Waals surface area contributed by atoms with E-state index in [0.29, 0.717) is 17.0 Å². The Morgan fingerprint density at radius 2 is 1.62 bits per heavy atom. The summed E-state index contributed by atoms with van der Waals surface area (Å²) in [6.07, 6.45) is 2.46. The molecule has 0 amide bonds. The number of fused-ring (bicyclic) bond motifs is 1. The predicted octanol–water partition coefficient (Wildman–Crippen LogP) is 5.28. The number of hydrogen-bond donors (Lipinski definition) is 2. The van der Waals surface area contributed by atoms with Crippen molar-refractivity contribution >= 4 is 34.9 Å². The molecule has 2 N–H and O–H groups in total. The van der Waals surface area contributed by atoms with Crippen molar-refractivity contribution in [1.82, 2.24) is 15.3 Å². The Morgan fingerprint density at radius 1 is 0.971 bits per heavy atom. The molecular weight excluding hydrogens is 440 g/mol. The van der Waals surface area contributed by atoms with Gasteiger partial charge in [0.25, 0.3) is 0 Å². The van der Waals surface area contributed by atoms with Gasteiger partial charge >= 0.3 is 0 Å². The minimum Gasteiger partial charge on any atom is -0.356 e. The van der Waals surface area contributed by atoms with E-state index in [4.69, 9.17) is 22.2 Å². The van der Waals surface area contributed by atoms with Crippen LogP contribution in [0, 0.1) is 5.92 Å². The van der Waals surface area contributed by atoms with Crippen molar-refractivity contribution in [1.29, 1.82) is 0 Å². The van der Waals surface area contributed by atoms with E-state index in [-0.39, 0.29) is 6.04 Å². The molecule has 2 atom stereocenters. The van der Waals surface area contributed by atoms with E-state index in [1.807, 2.05) is 18.2 Å². The summed E-state index contributed by atoms with van der Waals surface area (Å²) in [6.45, 7) is 8.17. The molecule has 176 valence electrons. The fraction of sp³-hybridized carbons (Fsp3) is 0.370. The summed E-state index contributed by atoms with van der Waals surface area (Å²) in [5, 5.41) is 7.15. The lowest BCUT2D eigenvalue weighted by Gasteiger charge is -2.32. The Bertz CT molecular complexity index is 1130. The molecule has 1 fully saturated rings. The molecule has 2 aliphatic rings. The van der Waals surface area contributed by atoms with Crippen LogP contribution in [0.5, 0.6) is 0 Å². The van der Waals surface area contributed by atoms with E-state index in [1.54, 1.807) is 0 Å². The lowest BCUT2D eigenvalue weighted by molar-refractivity contribution is 0.444. The largest absolute Gasteiger partial charge is 0.356 e. The average Bonchev–Trinajstić information content (AvgIpc) is 3.29. The summed E-state index contributed by atoms with van der Waals surface area (Å²) < 4.78 is 0. The summed E-state index contributed by atoms with van der Waals surface area (Å²) in [5.74, 6) is 3.10. The first-order valence-corrected chi connectivity index (χ1v) is 12.5. The van der Waals surface area contributed by atoms with Crippen molar-refractivity contribution in [2.75, 3.05) is 28.2 Å². The van der Waals surface area contributed by atoms with E-state index in [2.05, 4.69) is 76.7 Å². The normalized spacial score (nSPS) is 18.4. The molecule has 7 heteroatoms. The highest BCUT2D eigenvalue weighted by Gasteiger charge is 2.24. The number of anilines is 3. The van der Waals surface area contributed by atoms with Crippen molar-refractivity contribution in [2.45, 2.75) is 45.8 Å². The van der Waals surface area contributed by atoms with E-state index in [1.165, 1.54) is 29.5 Å². The van der Waals surface area contributed by atoms with Gasteiger partial charge in [-0.05, 0) is 54.6 Å². The van der Waals surface area contributed by atoms with Crippen LogP contribution in [-0.2, 0) is 13.1 Å². The highest BCUT2D eigenvalue weighted by atomic mass is 32.1. The van der Waals surface area contributed by atoms with Crippen LogP contribution < -0.4 is 20.4 Å². The third kappa shape index (κ3) is 5.14. The topological polar surface area (TPSA) is 56.3 Å². The Balaban J connectivity index is 1.38. The van der Waals surface area contributed by atoms with Crippen LogP contribution in [-0.4, -0.2) is 28.2 Å². The highest BCUT2D eigenvalue weighted by molar-refractivity contribution is 7.80. The van der Waals surface area contributed by atoms with Crippen molar-refractivity contribution in [3.8, 4) is 0 Å².